The number of carbonyl (C=O) groups excluding carboxylic acids is 3. The Bertz CT molecular complexity index is 1160. The summed E-state index contributed by atoms with van der Waals surface area (Å²) < 4.78 is 0. The number of aliphatic hydroxyl groups excluding tert-OH is 2. The molecule has 4 rings (SSSR count). The molecule has 1 fully saturated rings. The fourth-order valence-corrected chi connectivity index (χ4v) is 5.50. The Morgan fingerprint density at radius 2 is 1.76 bits per heavy atom. The molecule has 3 aliphatic rings. The number of halogens is 1. The molecular weight excluding hydrogens is 456 g/mol. The number of likely N-dealkylation sites (N-methyl/N-ethyl adjacent to an activating group) is 1. The van der Waals surface area contributed by atoms with E-state index in [9.17, 15) is 39.9 Å². The van der Waals surface area contributed by atoms with Gasteiger partial charge in [0.25, 0.3) is 5.91 Å². The summed E-state index contributed by atoms with van der Waals surface area (Å²) in [5.41, 5.74) is -0.548. The maximum atomic E-state index is 13.7. The number of hydrogen-bond acceptors (Lipinski definition) is 9. The number of nitrogens with zero attached hydrogens (tertiary/aromatic N) is 1. The summed E-state index contributed by atoms with van der Waals surface area (Å²) in [5.74, 6) is -7.90. The van der Waals surface area contributed by atoms with Crippen LogP contribution in [0.25, 0.3) is 5.76 Å². The maximum Gasteiger partial charge on any atom is 0.255 e. The van der Waals surface area contributed by atoms with Gasteiger partial charge in [0.1, 0.15) is 22.8 Å². The van der Waals surface area contributed by atoms with E-state index in [-0.39, 0.29) is 30.0 Å². The number of benzene rings is 1. The highest BCUT2D eigenvalue weighted by Crippen LogP contribution is 2.57. The van der Waals surface area contributed by atoms with Crippen LogP contribution in [0.2, 0.25) is 0 Å². The number of carbonyl (C=O) groups is 3. The quantitative estimate of drug-likeness (QED) is 0.318. The van der Waals surface area contributed by atoms with Crippen LogP contribution in [0.15, 0.2) is 35.1 Å². The average Bonchev–Trinajstić information content (AvgIpc) is 2.68. The molecule has 178 valence electrons. The van der Waals surface area contributed by atoms with Crippen LogP contribution in [0.1, 0.15) is 24.5 Å². The largest absolute Gasteiger partial charge is 0.508 e. The minimum Gasteiger partial charge on any atom is -0.508 e. The summed E-state index contributed by atoms with van der Waals surface area (Å²) in [6, 6.07) is 3.02. The molecule has 0 aliphatic heterocycles. The molecule has 0 aromatic heterocycles. The van der Waals surface area contributed by atoms with Gasteiger partial charge in [0.05, 0.1) is 17.2 Å². The van der Waals surface area contributed by atoms with Gasteiger partial charge < -0.3 is 31.3 Å². The molecule has 7 N–H and O–H groups in total. The topological polar surface area (TPSA) is 182 Å². The Hall–Kier alpha value is -2.92. The van der Waals surface area contributed by atoms with Crippen LogP contribution in [0.3, 0.4) is 0 Å². The molecule has 0 spiro atoms. The van der Waals surface area contributed by atoms with Crippen molar-refractivity contribution >= 4 is 35.6 Å². The van der Waals surface area contributed by atoms with Crippen molar-refractivity contribution in [2.45, 2.75) is 30.6 Å². The van der Waals surface area contributed by atoms with Crippen LogP contribution in [0.4, 0.5) is 0 Å². The van der Waals surface area contributed by atoms with Gasteiger partial charge in [0.2, 0.25) is 5.78 Å². The van der Waals surface area contributed by atoms with E-state index in [1.807, 2.05) is 0 Å². The van der Waals surface area contributed by atoms with E-state index < -0.39 is 75.0 Å². The second-order valence-corrected chi connectivity index (χ2v) is 8.96. The van der Waals surface area contributed by atoms with E-state index in [2.05, 4.69) is 0 Å². The Morgan fingerprint density at radius 3 is 2.30 bits per heavy atom. The zero-order valence-electron chi connectivity index (χ0n) is 18.1. The van der Waals surface area contributed by atoms with Crippen molar-refractivity contribution in [2.24, 2.45) is 17.6 Å². The van der Waals surface area contributed by atoms with Gasteiger partial charge in [0, 0.05) is 17.4 Å². The molecule has 0 saturated heterocycles. The monoisotopic (exact) mass is 480 g/mol. The SMILES string of the molecule is CN(C)[C@@H]1C(=O)C(C(N)=O)=C(O)[C@@]2(O)C(=O)C3=C(O)c4c(O)cccc4[C@](C)(O)[C@H]3C[C@@H]12.Cl. The molecule has 1 saturated carbocycles. The maximum absolute atomic E-state index is 13.7. The Morgan fingerprint density at radius 1 is 1.15 bits per heavy atom. The molecule has 0 radical (unpaired) electrons. The standard InChI is InChI=1S/C22H24N2O8.ClH/c1-21(31)8-5-4-6-11(25)12(8)16(26)13-9(21)7-10-15(24(2)3)17(27)14(20(23)30)19(29)22(10,32)18(13)28;/h4-6,9-10,15,25-26,29,31-32H,7H2,1-3H3,(H2,23,30);1H/t9-,10-,15-,21-,22-;/m0./s1. The Balaban J connectivity index is 0.00000306. The summed E-state index contributed by atoms with van der Waals surface area (Å²) in [7, 11) is 3.01. The number of ketones is 2. The van der Waals surface area contributed by atoms with Crippen LogP contribution < -0.4 is 5.73 Å². The first-order chi connectivity index (χ1) is 14.8. The molecule has 3 aliphatic carbocycles. The molecule has 0 unspecified atom stereocenters. The molecule has 10 nitrogen and oxygen atoms in total. The van der Waals surface area contributed by atoms with Crippen molar-refractivity contribution in [1.82, 2.24) is 4.90 Å². The molecule has 0 heterocycles. The van der Waals surface area contributed by atoms with E-state index in [0.717, 1.165) is 0 Å². The predicted molar refractivity (Wildman–Crippen MR) is 117 cm³/mol. The summed E-state index contributed by atoms with van der Waals surface area (Å²) in [6.07, 6.45) is -0.200. The number of hydrogen-bond donors (Lipinski definition) is 6. The predicted octanol–water partition coefficient (Wildman–Crippen LogP) is 0.0508. The third-order valence-electron chi connectivity index (χ3n) is 7.02. The van der Waals surface area contributed by atoms with E-state index in [1.54, 1.807) is 0 Å². The molecule has 5 atom stereocenters. The van der Waals surface area contributed by atoms with Crippen molar-refractivity contribution in [3.05, 3.63) is 46.2 Å². The number of primary amides is 1. The second-order valence-electron chi connectivity index (χ2n) is 8.96. The highest BCUT2D eigenvalue weighted by atomic mass is 35.5. The van der Waals surface area contributed by atoms with E-state index in [0.29, 0.717) is 0 Å². The number of Topliss-reactive ketones (excluding diaryl/α,β-unsaturated/α-hetero) is 2. The van der Waals surface area contributed by atoms with Gasteiger partial charge in [-0.3, -0.25) is 19.3 Å². The minimum atomic E-state index is -2.75. The minimum absolute atomic E-state index is 0. The highest BCUT2D eigenvalue weighted by molar-refractivity contribution is 6.24. The molecule has 1 amide bonds. The zero-order chi connectivity index (χ0) is 23.9. The average molecular weight is 481 g/mol. The van der Waals surface area contributed by atoms with Crippen molar-refractivity contribution < 1.29 is 39.9 Å². The third kappa shape index (κ3) is 2.95. The van der Waals surface area contributed by atoms with Gasteiger partial charge in [0.15, 0.2) is 11.4 Å². The van der Waals surface area contributed by atoms with Gasteiger partial charge in [-0.05, 0) is 39.1 Å². The molecule has 11 heteroatoms. The van der Waals surface area contributed by atoms with E-state index in [4.69, 9.17) is 5.73 Å². The number of nitrogens with two attached hydrogens (primary N) is 1. The smallest absolute Gasteiger partial charge is 0.255 e. The number of rotatable bonds is 2. The van der Waals surface area contributed by atoms with Crippen LogP contribution >= 0.6 is 12.4 Å². The number of aromatic hydroxyl groups is 1. The van der Waals surface area contributed by atoms with Crippen molar-refractivity contribution in [1.29, 1.82) is 0 Å². The molecule has 1 aromatic carbocycles. The summed E-state index contributed by atoms with van der Waals surface area (Å²) in [6.45, 7) is 1.40. The van der Waals surface area contributed by atoms with Gasteiger partial charge in [-0.15, -0.1) is 12.4 Å². The van der Waals surface area contributed by atoms with Crippen LogP contribution in [0, 0.1) is 11.8 Å². The summed E-state index contributed by atoms with van der Waals surface area (Å²) in [4.78, 5) is 40.0. The van der Waals surface area contributed by atoms with Crippen LogP contribution in [-0.2, 0) is 20.0 Å². The third-order valence-corrected chi connectivity index (χ3v) is 7.02. The van der Waals surface area contributed by atoms with Crippen LogP contribution in [0.5, 0.6) is 5.75 Å². The van der Waals surface area contributed by atoms with Crippen molar-refractivity contribution in [3.63, 3.8) is 0 Å². The zero-order valence-corrected chi connectivity index (χ0v) is 18.9. The normalized spacial score (nSPS) is 33.3. The van der Waals surface area contributed by atoms with Gasteiger partial charge in [-0.1, -0.05) is 12.1 Å². The van der Waals surface area contributed by atoms with E-state index >= 15 is 0 Å². The van der Waals surface area contributed by atoms with E-state index in [1.165, 1.54) is 44.1 Å². The first-order valence-electron chi connectivity index (χ1n) is 9.97. The number of phenolic OH excluding ortho intramolecular Hbond substituents is 1. The lowest BCUT2D eigenvalue weighted by molar-refractivity contribution is -0.159. The lowest BCUT2D eigenvalue weighted by atomic mass is 9.54. The number of fused-ring (bicyclic) bond motifs is 3. The summed E-state index contributed by atoms with van der Waals surface area (Å²) in [5, 5.41) is 54.9. The molecule has 33 heavy (non-hydrogen) atoms. The van der Waals surface area contributed by atoms with Gasteiger partial charge in [-0.2, -0.15) is 0 Å². The number of amides is 1. The second kappa shape index (κ2) is 7.56. The highest BCUT2D eigenvalue weighted by Gasteiger charge is 2.66. The number of aliphatic hydroxyl groups is 4. The molecule has 1 aromatic rings. The number of phenols is 1. The van der Waals surface area contributed by atoms with Crippen LogP contribution in [-0.4, -0.2) is 73.6 Å². The van der Waals surface area contributed by atoms with Gasteiger partial charge >= 0.3 is 0 Å². The Kier molecular flexibility index (Phi) is 5.66. The first-order valence-corrected chi connectivity index (χ1v) is 9.97. The summed E-state index contributed by atoms with van der Waals surface area (Å²) >= 11 is 0. The van der Waals surface area contributed by atoms with Crippen molar-refractivity contribution in [3.8, 4) is 5.75 Å². The molecular formula is C22H25ClN2O8. The first kappa shape index (κ1) is 24.7. The van der Waals surface area contributed by atoms with Crippen molar-refractivity contribution in [2.75, 3.05) is 14.1 Å². The lowest BCUT2D eigenvalue weighted by Crippen LogP contribution is -2.67. The molecule has 0 bridgehead atoms. The Labute approximate surface area is 195 Å². The fourth-order valence-electron chi connectivity index (χ4n) is 5.50. The van der Waals surface area contributed by atoms with Gasteiger partial charge in [-0.25, -0.2) is 0 Å². The lowest BCUT2D eigenvalue weighted by Gasteiger charge is -2.53. The fraction of sp³-hybridized carbons (Fsp3) is 0.409.